The number of hydrogen-bond acceptors (Lipinski definition) is 3. The van der Waals surface area contributed by atoms with Crippen LogP contribution >= 0.6 is 0 Å². The van der Waals surface area contributed by atoms with Crippen molar-refractivity contribution in [3.05, 3.63) is 88.8 Å². The molecule has 3 aromatic rings. The zero-order valence-corrected chi connectivity index (χ0v) is 19.6. The highest BCUT2D eigenvalue weighted by molar-refractivity contribution is 5.96. The van der Waals surface area contributed by atoms with E-state index in [2.05, 4.69) is 35.5 Å². The van der Waals surface area contributed by atoms with Gasteiger partial charge < -0.3 is 10.4 Å². The van der Waals surface area contributed by atoms with Gasteiger partial charge in [0.1, 0.15) is 0 Å². The number of nitrogens with zero attached hydrogens (tertiary/aromatic N) is 2. The summed E-state index contributed by atoms with van der Waals surface area (Å²) < 4.78 is 2.01. The second-order valence-corrected chi connectivity index (χ2v) is 10.4. The van der Waals surface area contributed by atoms with Crippen LogP contribution in [0.1, 0.15) is 66.2 Å². The Morgan fingerprint density at radius 3 is 2.71 bits per heavy atom. The monoisotopic (exact) mass is 453 g/mol. The number of carbonyl (C=O) groups is 1. The third-order valence-corrected chi connectivity index (χ3v) is 8.27. The van der Waals surface area contributed by atoms with E-state index in [1.165, 1.54) is 11.1 Å². The summed E-state index contributed by atoms with van der Waals surface area (Å²) in [7, 11) is 0. The third-order valence-electron chi connectivity index (χ3n) is 8.27. The van der Waals surface area contributed by atoms with E-state index in [4.69, 9.17) is 0 Å². The molecule has 3 aliphatic rings. The second kappa shape index (κ2) is 7.95. The molecule has 2 fully saturated rings. The quantitative estimate of drug-likeness (QED) is 0.560. The maximum absolute atomic E-state index is 12.7. The summed E-state index contributed by atoms with van der Waals surface area (Å²) >= 11 is 0. The van der Waals surface area contributed by atoms with Crippen LogP contribution in [-0.2, 0) is 12.8 Å². The first-order chi connectivity index (χ1) is 16.5. The maximum atomic E-state index is 12.7. The molecule has 0 spiro atoms. The van der Waals surface area contributed by atoms with Gasteiger partial charge in [0.25, 0.3) is 5.91 Å². The van der Waals surface area contributed by atoms with E-state index < -0.39 is 5.60 Å². The van der Waals surface area contributed by atoms with E-state index in [-0.39, 0.29) is 11.3 Å². The third kappa shape index (κ3) is 3.50. The van der Waals surface area contributed by atoms with E-state index in [9.17, 15) is 9.90 Å². The molecule has 0 radical (unpaired) electrons. The van der Waals surface area contributed by atoms with E-state index in [1.807, 2.05) is 53.3 Å². The van der Waals surface area contributed by atoms with Crippen molar-refractivity contribution in [3.63, 3.8) is 0 Å². The van der Waals surface area contributed by atoms with E-state index in [0.717, 1.165) is 54.6 Å². The molecule has 0 unspecified atom stereocenters. The van der Waals surface area contributed by atoms with Crippen molar-refractivity contribution < 1.29 is 9.90 Å². The minimum atomic E-state index is -0.814. The number of benzene rings is 2. The van der Waals surface area contributed by atoms with Crippen LogP contribution in [0.2, 0.25) is 0 Å². The molecule has 2 aromatic carbocycles. The number of aliphatic hydroxyl groups is 1. The number of rotatable bonds is 6. The number of para-hydroxylation sites is 1. The highest BCUT2D eigenvalue weighted by atomic mass is 16.3. The van der Waals surface area contributed by atoms with Gasteiger partial charge in [0.2, 0.25) is 0 Å². The lowest BCUT2D eigenvalue weighted by Gasteiger charge is -2.42. The Hall–Kier alpha value is -3.18. The number of nitrogens with one attached hydrogen (secondary N) is 1. The molecule has 2 saturated carbocycles. The Morgan fingerprint density at radius 1 is 1.15 bits per heavy atom. The first-order valence-corrected chi connectivity index (χ1v) is 12.4. The molecular weight excluding hydrogens is 422 g/mol. The number of aryl methyl sites for hydroxylation is 1. The first kappa shape index (κ1) is 21.4. The van der Waals surface area contributed by atoms with Crippen molar-refractivity contribution in [2.75, 3.05) is 0 Å². The minimum Gasteiger partial charge on any atom is -0.389 e. The molecule has 34 heavy (non-hydrogen) atoms. The Kier molecular flexibility index (Phi) is 4.99. The SMILES string of the molecule is C[C@]12Cc3cnn(-c4ccccc4)c3C=C1CC[C@@]2(O)CCc1ccccc1C(=O)NC1CC1. The number of carbonyl (C=O) groups excluding carboxylic acids is 1. The number of amides is 1. The number of hydrogen-bond donors (Lipinski definition) is 2. The van der Waals surface area contributed by atoms with Crippen molar-refractivity contribution in [2.24, 2.45) is 5.41 Å². The molecule has 174 valence electrons. The van der Waals surface area contributed by atoms with Crippen molar-refractivity contribution >= 4 is 12.0 Å². The Balaban J connectivity index is 1.25. The van der Waals surface area contributed by atoms with E-state index >= 15 is 0 Å². The van der Waals surface area contributed by atoms with Crippen molar-refractivity contribution in [1.82, 2.24) is 15.1 Å². The van der Waals surface area contributed by atoms with Crippen LogP contribution in [-0.4, -0.2) is 32.4 Å². The molecule has 1 aromatic heterocycles. The molecule has 0 bridgehead atoms. The summed E-state index contributed by atoms with van der Waals surface area (Å²) in [5.74, 6) is 0.0129. The van der Waals surface area contributed by atoms with E-state index in [1.54, 1.807) is 0 Å². The molecule has 1 heterocycles. The smallest absolute Gasteiger partial charge is 0.251 e. The Labute approximate surface area is 200 Å². The van der Waals surface area contributed by atoms with Crippen LogP contribution in [0, 0.1) is 5.41 Å². The van der Waals surface area contributed by atoms with Gasteiger partial charge in [-0.3, -0.25) is 4.79 Å². The molecule has 2 N–H and O–H groups in total. The molecule has 2 atom stereocenters. The topological polar surface area (TPSA) is 67.1 Å². The Bertz CT molecular complexity index is 1270. The highest BCUT2D eigenvalue weighted by Gasteiger charge is 2.54. The molecular formula is C29H31N3O2. The fourth-order valence-electron chi connectivity index (χ4n) is 5.90. The normalized spacial score (nSPS) is 25.4. The average molecular weight is 454 g/mol. The molecule has 0 saturated heterocycles. The predicted octanol–water partition coefficient (Wildman–Crippen LogP) is 4.87. The summed E-state index contributed by atoms with van der Waals surface area (Å²) in [4.78, 5) is 12.7. The average Bonchev–Trinajstić information content (AvgIpc) is 3.52. The standard InChI is InChI=1S/C29H31N3O2/c1-28-18-21-19-30-32(24-8-3-2-4-9-24)26(21)17-22(28)14-16-29(28,34)15-13-20-7-5-6-10-25(20)27(33)31-23-11-12-23/h2-10,17,19,23,34H,11-16,18H2,1H3,(H,31,33)/t28-,29-/m0/s1. The summed E-state index contributed by atoms with van der Waals surface area (Å²) in [6, 6.07) is 18.4. The van der Waals surface area contributed by atoms with Gasteiger partial charge in [-0.05, 0) is 80.3 Å². The second-order valence-electron chi connectivity index (χ2n) is 10.4. The van der Waals surface area contributed by atoms with Gasteiger partial charge in [-0.1, -0.05) is 48.9 Å². The number of fused-ring (bicyclic) bond motifs is 2. The minimum absolute atomic E-state index is 0.0129. The fraction of sp³-hybridized carbons (Fsp3) is 0.379. The first-order valence-electron chi connectivity index (χ1n) is 12.4. The van der Waals surface area contributed by atoms with Crippen LogP contribution in [0.25, 0.3) is 11.8 Å². The molecule has 1 amide bonds. The van der Waals surface area contributed by atoms with Gasteiger partial charge in [0.15, 0.2) is 0 Å². The van der Waals surface area contributed by atoms with Gasteiger partial charge in [0, 0.05) is 17.0 Å². The van der Waals surface area contributed by atoms with Gasteiger partial charge >= 0.3 is 0 Å². The van der Waals surface area contributed by atoms with Gasteiger partial charge in [-0.2, -0.15) is 5.10 Å². The van der Waals surface area contributed by atoms with Crippen LogP contribution in [0.15, 0.2) is 66.4 Å². The molecule has 3 aliphatic carbocycles. The predicted molar refractivity (Wildman–Crippen MR) is 133 cm³/mol. The van der Waals surface area contributed by atoms with Crippen molar-refractivity contribution in [3.8, 4) is 5.69 Å². The lowest BCUT2D eigenvalue weighted by molar-refractivity contribution is -0.0461. The van der Waals surface area contributed by atoms with Crippen LogP contribution in [0.3, 0.4) is 0 Å². The highest BCUT2D eigenvalue weighted by Crippen LogP contribution is 2.56. The Morgan fingerprint density at radius 2 is 1.91 bits per heavy atom. The zero-order valence-electron chi connectivity index (χ0n) is 19.6. The largest absolute Gasteiger partial charge is 0.389 e. The summed E-state index contributed by atoms with van der Waals surface area (Å²) in [5, 5.41) is 19.8. The zero-order chi connectivity index (χ0) is 23.3. The lowest BCUT2D eigenvalue weighted by Crippen LogP contribution is -2.45. The molecule has 6 rings (SSSR count). The van der Waals surface area contributed by atoms with Crippen LogP contribution < -0.4 is 5.32 Å². The van der Waals surface area contributed by atoms with Gasteiger partial charge in [0.05, 0.1) is 23.2 Å². The van der Waals surface area contributed by atoms with Crippen molar-refractivity contribution in [2.45, 2.75) is 63.5 Å². The van der Waals surface area contributed by atoms with E-state index in [0.29, 0.717) is 18.9 Å². The molecule has 0 aliphatic heterocycles. The van der Waals surface area contributed by atoms with Crippen molar-refractivity contribution in [1.29, 1.82) is 0 Å². The van der Waals surface area contributed by atoms with Gasteiger partial charge in [-0.25, -0.2) is 4.68 Å². The summed E-state index contributed by atoms with van der Waals surface area (Å²) in [5.41, 5.74) is 5.29. The summed E-state index contributed by atoms with van der Waals surface area (Å²) in [6.07, 6.45) is 10.1. The lowest BCUT2D eigenvalue weighted by atomic mass is 9.65. The van der Waals surface area contributed by atoms with Gasteiger partial charge in [-0.15, -0.1) is 0 Å². The summed E-state index contributed by atoms with van der Waals surface area (Å²) in [6.45, 7) is 2.21. The van der Waals surface area contributed by atoms with Crippen LogP contribution in [0.4, 0.5) is 0 Å². The molecule has 5 nitrogen and oxygen atoms in total. The fourth-order valence-corrected chi connectivity index (χ4v) is 5.90. The van der Waals surface area contributed by atoms with Crippen LogP contribution in [0.5, 0.6) is 0 Å². The number of aromatic nitrogens is 2. The molecule has 5 heteroatoms. The maximum Gasteiger partial charge on any atom is 0.251 e.